The largest absolute Gasteiger partial charge is 0.513 e. The van der Waals surface area contributed by atoms with Crippen molar-refractivity contribution in [2.24, 2.45) is 17.1 Å². The predicted octanol–water partition coefficient (Wildman–Crippen LogP) is 7.68. The van der Waals surface area contributed by atoms with Crippen LogP contribution in [0.1, 0.15) is 94.4 Å². The molecule has 1 heterocycles. The van der Waals surface area contributed by atoms with Crippen LogP contribution in [-0.4, -0.2) is 15.8 Å². The Kier molecular flexibility index (Phi) is 6.80. The summed E-state index contributed by atoms with van der Waals surface area (Å²) in [6.45, 7) is 8.39. The van der Waals surface area contributed by atoms with Crippen molar-refractivity contribution in [1.29, 1.82) is 0 Å². The molecule has 1 aromatic heterocycles. The number of aromatic nitrogens is 1. The molecule has 0 spiro atoms. The van der Waals surface area contributed by atoms with Gasteiger partial charge in [-0.05, 0) is 91.7 Å². The lowest BCUT2D eigenvalue weighted by atomic mass is 9.60. The van der Waals surface area contributed by atoms with Crippen LogP contribution in [0.4, 0.5) is 10.1 Å². The standard InChI is InChI=1S/C31H42FN3O/c1-19-13-24(9-10-27(19)32)35-29-14-22(18-33)28(34)15-26(29)25(30(35)21-7-5-4-6-8-21)11-12-31(3)16-23(17-31)20(2)36/h9,13-15,21,23,27,36H,2,4-8,10-12,16-18,33-34H2,1,3H3. The molecule has 1 unspecified atom stereocenters. The molecule has 2 aromatic rings. The van der Waals surface area contributed by atoms with Gasteiger partial charge in [-0.3, -0.25) is 0 Å². The summed E-state index contributed by atoms with van der Waals surface area (Å²) in [5, 5.41) is 11.1. The highest BCUT2D eigenvalue weighted by Gasteiger charge is 2.41. The first-order valence-corrected chi connectivity index (χ1v) is 13.8. The molecule has 5 heteroatoms. The average Bonchev–Trinajstić information content (AvgIpc) is 3.15. The third kappa shape index (κ3) is 4.51. The number of aliphatic hydroxyl groups is 1. The van der Waals surface area contributed by atoms with Crippen LogP contribution in [-0.2, 0) is 13.0 Å². The molecule has 0 aliphatic heterocycles. The summed E-state index contributed by atoms with van der Waals surface area (Å²) >= 11 is 0. The Bertz CT molecular complexity index is 1220. The number of halogens is 1. The van der Waals surface area contributed by atoms with Gasteiger partial charge in [0, 0.05) is 41.3 Å². The zero-order chi connectivity index (χ0) is 25.6. The number of aryl methyl sites for hydroxylation is 1. The lowest BCUT2D eigenvalue weighted by Crippen LogP contribution is -2.35. The van der Waals surface area contributed by atoms with Gasteiger partial charge in [-0.1, -0.05) is 38.8 Å². The number of nitrogens with zero attached hydrogens (tertiary/aromatic N) is 1. The fraction of sp³-hybridized carbons (Fsp3) is 0.548. The van der Waals surface area contributed by atoms with Gasteiger partial charge < -0.3 is 21.1 Å². The van der Waals surface area contributed by atoms with Crippen LogP contribution < -0.4 is 11.5 Å². The number of hydrogen-bond donors (Lipinski definition) is 3. The number of nitrogen functional groups attached to an aromatic ring is 1. The zero-order valence-corrected chi connectivity index (χ0v) is 22.0. The fourth-order valence-electron chi connectivity index (χ4n) is 6.95. The normalized spacial score (nSPS) is 27.0. The number of allylic oxidation sites excluding steroid dienone is 5. The van der Waals surface area contributed by atoms with E-state index >= 15 is 0 Å². The van der Waals surface area contributed by atoms with E-state index in [0.717, 1.165) is 53.7 Å². The highest BCUT2D eigenvalue weighted by atomic mass is 19.1. The van der Waals surface area contributed by atoms with Gasteiger partial charge in [0.1, 0.15) is 6.17 Å². The third-order valence-corrected chi connectivity index (χ3v) is 9.18. The number of fused-ring (bicyclic) bond motifs is 1. The summed E-state index contributed by atoms with van der Waals surface area (Å²) in [6, 6.07) is 4.30. The topological polar surface area (TPSA) is 77.2 Å². The van der Waals surface area contributed by atoms with Gasteiger partial charge in [-0.15, -0.1) is 0 Å². The van der Waals surface area contributed by atoms with Crippen molar-refractivity contribution in [1.82, 2.24) is 4.57 Å². The summed E-state index contributed by atoms with van der Waals surface area (Å²) in [5.74, 6) is 1.04. The van der Waals surface area contributed by atoms with E-state index in [1.807, 2.05) is 13.0 Å². The monoisotopic (exact) mass is 491 g/mol. The Morgan fingerprint density at radius 2 is 1.94 bits per heavy atom. The molecule has 2 fully saturated rings. The summed E-state index contributed by atoms with van der Waals surface area (Å²) < 4.78 is 16.8. The first-order valence-electron chi connectivity index (χ1n) is 13.8. The van der Waals surface area contributed by atoms with Crippen molar-refractivity contribution in [2.45, 2.75) is 96.7 Å². The molecule has 1 atom stereocenters. The quantitative estimate of drug-likeness (QED) is 0.274. The molecule has 5 rings (SSSR count). The first-order chi connectivity index (χ1) is 17.2. The molecule has 5 N–H and O–H groups in total. The maximum absolute atomic E-state index is 14.4. The molecule has 3 aliphatic carbocycles. The summed E-state index contributed by atoms with van der Waals surface area (Å²) in [6.07, 6.45) is 13.8. The minimum Gasteiger partial charge on any atom is -0.513 e. The lowest BCUT2D eigenvalue weighted by molar-refractivity contribution is 0.0615. The van der Waals surface area contributed by atoms with E-state index in [0.29, 0.717) is 24.6 Å². The van der Waals surface area contributed by atoms with E-state index in [1.54, 1.807) is 0 Å². The van der Waals surface area contributed by atoms with Crippen molar-refractivity contribution in [3.05, 3.63) is 59.0 Å². The van der Waals surface area contributed by atoms with Gasteiger partial charge in [0.25, 0.3) is 0 Å². The SMILES string of the molecule is C=C(O)C1CC(C)(CCc2c(C3CCCCC3)n(C3=CCC(F)C(C)=C3)c3cc(CN)c(N)cc23)C1. The molecule has 36 heavy (non-hydrogen) atoms. The van der Waals surface area contributed by atoms with Crippen LogP contribution in [0.2, 0.25) is 0 Å². The molecular formula is C31H42FN3O. The summed E-state index contributed by atoms with van der Waals surface area (Å²) in [4.78, 5) is 0. The van der Waals surface area contributed by atoms with Crippen LogP contribution in [0.15, 0.2) is 42.2 Å². The molecule has 1 aromatic carbocycles. The highest BCUT2D eigenvalue weighted by Crippen LogP contribution is 2.52. The van der Waals surface area contributed by atoms with E-state index in [9.17, 15) is 9.50 Å². The molecule has 4 nitrogen and oxygen atoms in total. The second-order valence-electron chi connectivity index (χ2n) is 11.9. The van der Waals surface area contributed by atoms with Crippen LogP contribution in [0.3, 0.4) is 0 Å². The van der Waals surface area contributed by atoms with Crippen LogP contribution in [0.5, 0.6) is 0 Å². The number of hydrogen-bond acceptors (Lipinski definition) is 3. The van der Waals surface area contributed by atoms with Crippen LogP contribution in [0.25, 0.3) is 16.6 Å². The Balaban J connectivity index is 1.65. The summed E-state index contributed by atoms with van der Waals surface area (Å²) in [5.41, 5.74) is 20.3. The van der Waals surface area contributed by atoms with Gasteiger partial charge in [0.15, 0.2) is 0 Å². The van der Waals surface area contributed by atoms with E-state index < -0.39 is 6.17 Å². The van der Waals surface area contributed by atoms with E-state index in [-0.39, 0.29) is 11.3 Å². The molecule has 0 bridgehead atoms. The Labute approximate surface area is 214 Å². The Morgan fingerprint density at radius 1 is 1.22 bits per heavy atom. The van der Waals surface area contributed by atoms with Crippen molar-refractivity contribution < 1.29 is 9.50 Å². The Morgan fingerprint density at radius 3 is 2.58 bits per heavy atom. The summed E-state index contributed by atoms with van der Waals surface area (Å²) in [7, 11) is 0. The number of nitrogens with two attached hydrogens (primary N) is 2. The average molecular weight is 492 g/mol. The lowest BCUT2D eigenvalue weighted by Gasteiger charge is -2.45. The molecule has 3 aliphatic rings. The number of alkyl halides is 1. The highest BCUT2D eigenvalue weighted by molar-refractivity contribution is 5.93. The molecule has 194 valence electrons. The number of benzene rings is 1. The van der Waals surface area contributed by atoms with Gasteiger partial charge in [0.2, 0.25) is 0 Å². The van der Waals surface area contributed by atoms with Gasteiger partial charge in [-0.25, -0.2) is 4.39 Å². The van der Waals surface area contributed by atoms with E-state index in [4.69, 9.17) is 11.5 Å². The zero-order valence-electron chi connectivity index (χ0n) is 22.0. The van der Waals surface area contributed by atoms with Gasteiger partial charge in [0.05, 0.1) is 11.3 Å². The van der Waals surface area contributed by atoms with Crippen LogP contribution in [0, 0.1) is 11.3 Å². The third-order valence-electron chi connectivity index (χ3n) is 9.18. The second-order valence-corrected chi connectivity index (χ2v) is 11.9. The first kappa shape index (κ1) is 25.1. The molecule has 0 saturated heterocycles. The smallest absolute Gasteiger partial charge is 0.125 e. The number of anilines is 1. The van der Waals surface area contributed by atoms with Crippen molar-refractivity contribution in [3.63, 3.8) is 0 Å². The van der Waals surface area contributed by atoms with Crippen LogP contribution >= 0.6 is 0 Å². The van der Waals surface area contributed by atoms with Crippen molar-refractivity contribution >= 4 is 22.3 Å². The van der Waals surface area contributed by atoms with Crippen molar-refractivity contribution in [3.8, 4) is 0 Å². The van der Waals surface area contributed by atoms with E-state index in [2.05, 4.69) is 36.3 Å². The molecular weight excluding hydrogens is 449 g/mol. The molecule has 0 radical (unpaired) electrons. The number of rotatable bonds is 7. The van der Waals surface area contributed by atoms with Gasteiger partial charge >= 0.3 is 0 Å². The maximum Gasteiger partial charge on any atom is 0.125 e. The fourth-order valence-corrected chi connectivity index (χ4v) is 6.95. The molecule has 2 saturated carbocycles. The minimum atomic E-state index is -0.906. The maximum atomic E-state index is 14.4. The predicted molar refractivity (Wildman–Crippen MR) is 149 cm³/mol. The minimum absolute atomic E-state index is 0.208. The van der Waals surface area contributed by atoms with E-state index in [1.165, 1.54) is 48.7 Å². The second kappa shape index (κ2) is 9.74. The Hall–Kier alpha value is -2.53. The molecule has 0 amide bonds. The van der Waals surface area contributed by atoms with Gasteiger partial charge in [-0.2, -0.15) is 0 Å². The van der Waals surface area contributed by atoms with Crippen molar-refractivity contribution in [2.75, 3.05) is 5.73 Å². The number of aliphatic hydroxyl groups excluding tert-OH is 1.